The number of nitrogens with zero attached hydrogens (tertiary/aromatic N) is 2. The molecule has 1 saturated heterocycles. The molecule has 1 heterocycles. The molecule has 2 N–H and O–H groups in total. The van der Waals surface area contributed by atoms with Crippen molar-refractivity contribution in [3.63, 3.8) is 0 Å². The van der Waals surface area contributed by atoms with E-state index in [0.717, 1.165) is 0 Å². The topological polar surface area (TPSA) is 83.7 Å². The molecule has 0 aromatic heterocycles. The first-order chi connectivity index (χ1) is 8.03. The summed E-state index contributed by atoms with van der Waals surface area (Å²) in [7, 11) is -3.16. The van der Waals surface area contributed by atoms with Crippen LogP contribution in [-0.4, -0.2) is 62.0 Å². The van der Waals surface area contributed by atoms with Crippen LogP contribution in [0.4, 0.5) is 0 Å². The second-order valence-electron chi connectivity index (χ2n) is 5.83. The number of hydrogen-bond donors (Lipinski definition) is 1. The normalized spacial score (nSPS) is 20.8. The summed E-state index contributed by atoms with van der Waals surface area (Å²) in [5.74, 6) is -0.101. The molecule has 1 atom stereocenters. The summed E-state index contributed by atoms with van der Waals surface area (Å²) in [4.78, 5) is 13.8. The minimum atomic E-state index is -3.16. The van der Waals surface area contributed by atoms with Gasteiger partial charge in [0.05, 0.1) is 12.3 Å². The van der Waals surface area contributed by atoms with Crippen molar-refractivity contribution in [2.45, 2.75) is 26.8 Å². The van der Waals surface area contributed by atoms with E-state index in [1.54, 1.807) is 4.90 Å². The molecular formula is C11H23N3O3S. The molecule has 1 rings (SSSR count). The predicted octanol–water partition coefficient (Wildman–Crippen LogP) is -0.536. The van der Waals surface area contributed by atoms with Gasteiger partial charge in [-0.1, -0.05) is 20.8 Å². The molecule has 0 aliphatic carbocycles. The molecule has 1 aliphatic rings. The van der Waals surface area contributed by atoms with E-state index in [1.807, 2.05) is 20.8 Å². The average molecular weight is 277 g/mol. The van der Waals surface area contributed by atoms with Crippen LogP contribution in [0.5, 0.6) is 0 Å². The van der Waals surface area contributed by atoms with Gasteiger partial charge in [-0.15, -0.1) is 0 Å². The lowest BCUT2D eigenvalue weighted by atomic mass is 9.86. The number of rotatable bonds is 2. The number of hydrogen-bond acceptors (Lipinski definition) is 4. The largest absolute Gasteiger partial charge is 0.339 e. The SMILES string of the molecule is CC(C)(C)[C@@H](N)C(=O)N1CCN(S(C)(=O)=O)CC1. The fourth-order valence-corrected chi connectivity index (χ4v) is 2.63. The highest BCUT2D eigenvalue weighted by Crippen LogP contribution is 2.20. The molecule has 1 amide bonds. The van der Waals surface area contributed by atoms with E-state index in [1.165, 1.54) is 10.6 Å². The van der Waals surface area contributed by atoms with Crippen LogP contribution < -0.4 is 5.73 Å². The summed E-state index contributed by atoms with van der Waals surface area (Å²) in [6.07, 6.45) is 1.19. The van der Waals surface area contributed by atoms with Gasteiger partial charge < -0.3 is 10.6 Å². The zero-order valence-corrected chi connectivity index (χ0v) is 12.3. The third-order valence-electron chi connectivity index (χ3n) is 3.22. The molecule has 0 bridgehead atoms. The number of sulfonamides is 1. The van der Waals surface area contributed by atoms with Crippen LogP contribution in [0, 0.1) is 5.41 Å². The fourth-order valence-electron chi connectivity index (χ4n) is 1.81. The number of carbonyl (C=O) groups excluding carboxylic acids is 1. The van der Waals surface area contributed by atoms with Crippen LogP contribution in [0.2, 0.25) is 0 Å². The standard InChI is InChI=1S/C11H23N3O3S/c1-11(2,3)9(12)10(15)13-5-7-14(8-6-13)18(4,16)17/h9H,5-8,12H2,1-4H3/t9-/m0/s1. The van der Waals surface area contributed by atoms with E-state index in [9.17, 15) is 13.2 Å². The monoisotopic (exact) mass is 277 g/mol. The van der Waals surface area contributed by atoms with Gasteiger partial charge in [0.15, 0.2) is 0 Å². The maximum absolute atomic E-state index is 12.1. The third kappa shape index (κ3) is 3.66. The van der Waals surface area contributed by atoms with Crippen molar-refractivity contribution in [1.82, 2.24) is 9.21 Å². The Morgan fingerprint density at radius 3 is 1.94 bits per heavy atom. The Kier molecular flexibility index (Phi) is 4.40. The maximum atomic E-state index is 12.1. The van der Waals surface area contributed by atoms with Gasteiger partial charge in [-0.3, -0.25) is 4.79 Å². The van der Waals surface area contributed by atoms with Gasteiger partial charge in [0.25, 0.3) is 0 Å². The summed E-state index contributed by atoms with van der Waals surface area (Å²) in [6, 6.07) is -0.553. The first-order valence-corrected chi connectivity index (χ1v) is 7.88. The molecule has 18 heavy (non-hydrogen) atoms. The van der Waals surface area contributed by atoms with Crippen molar-refractivity contribution in [2.24, 2.45) is 11.1 Å². The Morgan fingerprint density at radius 2 is 1.61 bits per heavy atom. The van der Waals surface area contributed by atoms with Crippen LogP contribution in [0.25, 0.3) is 0 Å². The third-order valence-corrected chi connectivity index (χ3v) is 4.52. The minimum Gasteiger partial charge on any atom is -0.339 e. The Labute approximate surface area is 109 Å². The van der Waals surface area contributed by atoms with E-state index in [0.29, 0.717) is 26.2 Å². The predicted molar refractivity (Wildman–Crippen MR) is 70.4 cm³/mol. The van der Waals surface area contributed by atoms with E-state index in [-0.39, 0.29) is 11.3 Å². The van der Waals surface area contributed by atoms with Crippen molar-refractivity contribution in [1.29, 1.82) is 0 Å². The molecule has 0 saturated carbocycles. The van der Waals surface area contributed by atoms with Crippen LogP contribution in [-0.2, 0) is 14.8 Å². The summed E-state index contributed by atoms with van der Waals surface area (Å²) in [5.41, 5.74) is 5.64. The second-order valence-corrected chi connectivity index (χ2v) is 7.81. The number of amides is 1. The van der Waals surface area contributed by atoms with Gasteiger partial charge in [0, 0.05) is 26.2 Å². The second kappa shape index (κ2) is 5.14. The van der Waals surface area contributed by atoms with Crippen LogP contribution in [0.1, 0.15) is 20.8 Å². The summed E-state index contributed by atoms with van der Waals surface area (Å²) < 4.78 is 24.1. The summed E-state index contributed by atoms with van der Waals surface area (Å²) >= 11 is 0. The van der Waals surface area contributed by atoms with E-state index in [4.69, 9.17) is 5.73 Å². The molecule has 0 spiro atoms. The van der Waals surface area contributed by atoms with Crippen molar-refractivity contribution >= 4 is 15.9 Å². The van der Waals surface area contributed by atoms with Crippen molar-refractivity contribution in [2.75, 3.05) is 32.4 Å². The lowest BCUT2D eigenvalue weighted by Gasteiger charge is -2.37. The van der Waals surface area contributed by atoms with Crippen molar-refractivity contribution in [3.8, 4) is 0 Å². The quantitative estimate of drug-likeness (QED) is 0.735. The van der Waals surface area contributed by atoms with Crippen LogP contribution >= 0.6 is 0 Å². The van der Waals surface area contributed by atoms with Crippen LogP contribution in [0.15, 0.2) is 0 Å². The Bertz CT molecular complexity index is 406. The highest BCUT2D eigenvalue weighted by atomic mass is 32.2. The van der Waals surface area contributed by atoms with Gasteiger partial charge in [-0.25, -0.2) is 8.42 Å². The highest BCUT2D eigenvalue weighted by Gasteiger charge is 2.33. The van der Waals surface area contributed by atoms with Gasteiger partial charge in [0.1, 0.15) is 0 Å². The molecule has 7 heteroatoms. The van der Waals surface area contributed by atoms with E-state index >= 15 is 0 Å². The molecule has 1 fully saturated rings. The van der Waals surface area contributed by atoms with Gasteiger partial charge in [-0.2, -0.15) is 4.31 Å². The molecular weight excluding hydrogens is 254 g/mol. The fraction of sp³-hybridized carbons (Fsp3) is 0.909. The van der Waals surface area contributed by atoms with Crippen LogP contribution in [0.3, 0.4) is 0 Å². The molecule has 0 aromatic rings. The molecule has 0 unspecified atom stereocenters. The molecule has 106 valence electrons. The summed E-state index contributed by atoms with van der Waals surface area (Å²) in [6.45, 7) is 7.28. The first kappa shape index (κ1) is 15.4. The Balaban J connectivity index is 2.61. The van der Waals surface area contributed by atoms with Crippen molar-refractivity contribution in [3.05, 3.63) is 0 Å². The summed E-state index contributed by atoms with van der Waals surface area (Å²) in [5, 5.41) is 0. The highest BCUT2D eigenvalue weighted by molar-refractivity contribution is 7.88. The molecule has 0 aromatic carbocycles. The zero-order valence-electron chi connectivity index (χ0n) is 11.5. The number of piperazine rings is 1. The minimum absolute atomic E-state index is 0.101. The maximum Gasteiger partial charge on any atom is 0.240 e. The number of carbonyl (C=O) groups is 1. The average Bonchev–Trinajstić information content (AvgIpc) is 2.25. The van der Waals surface area contributed by atoms with Gasteiger partial charge >= 0.3 is 0 Å². The zero-order chi connectivity index (χ0) is 14.1. The van der Waals surface area contributed by atoms with Gasteiger partial charge in [0.2, 0.25) is 15.9 Å². The first-order valence-electron chi connectivity index (χ1n) is 6.03. The smallest absolute Gasteiger partial charge is 0.240 e. The Hall–Kier alpha value is -0.660. The lowest BCUT2D eigenvalue weighted by molar-refractivity contribution is -0.136. The molecule has 6 nitrogen and oxygen atoms in total. The Morgan fingerprint density at radius 1 is 1.17 bits per heavy atom. The van der Waals surface area contributed by atoms with Gasteiger partial charge in [-0.05, 0) is 5.41 Å². The molecule has 1 aliphatic heterocycles. The van der Waals surface area contributed by atoms with Crippen molar-refractivity contribution < 1.29 is 13.2 Å². The lowest BCUT2D eigenvalue weighted by Crippen LogP contribution is -2.56. The number of nitrogens with two attached hydrogens (primary N) is 1. The molecule has 0 radical (unpaired) electrons. The van der Waals surface area contributed by atoms with E-state index in [2.05, 4.69) is 0 Å². The van der Waals surface area contributed by atoms with E-state index < -0.39 is 16.1 Å².